The van der Waals surface area contributed by atoms with Gasteiger partial charge in [-0.2, -0.15) is 10.1 Å². The summed E-state index contributed by atoms with van der Waals surface area (Å²) in [5.74, 6) is -0.173. The third-order valence-corrected chi connectivity index (χ3v) is 7.02. The van der Waals surface area contributed by atoms with E-state index in [0.717, 1.165) is 30.9 Å². The number of amides is 1. The van der Waals surface area contributed by atoms with E-state index >= 15 is 0 Å². The molecule has 0 bridgehead atoms. The molecule has 2 aromatic carbocycles. The smallest absolute Gasteiger partial charge is 0.266 e. The molecule has 4 nitrogen and oxygen atoms in total. The van der Waals surface area contributed by atoms with Gasteiger partial charge in [-0.15, -0.1) is 11.8 Å². The van der Waals surface area contributed by atoms with Crippen LogP contribution in [0.15, 0.2) is 57.0 Å². The number of hydrogen-bond acceptors (Lipinski definition) is 4. The molecule has 136 valence electrons. The quantitative estimate of drug-likeness (QED) is 0.444. The van der Waals surface area contributed by atoms with Gasteiger partial charge in [-0.25, -0.2) is 0 Å². The molecule has 0 saturated heterocycles. The lowest BCUT2D eigenvalue weighted by molar-refractivity contribution is -0.113. The summed E-state index contributed by atoms with van der Waals surface area (Å²) in [5, 5.41) is 6.23. The fourth-order valence-electron chi connectivity index (χ4n) is 2.76. The van der Waals surface area contributed by atoms with E-state index in [9.17, 15) is 4.79 Å². The van der Waals surface area contributed by atoms with Crippen LogP contribution in [0.4, 0.5) is 0 Å². The standard InChI is InChI=1S/C19H13BrClN3OS2/c1-26-19-23-18(25)17(27-19)7-11-2-5-16-13(6-11)9-22-24(16)10-12-3-4-14(21)8-15(12)20/h2-9H,10H2,1H3/b17-7-. The van der Waals surface area contributed by atoms with Crippen LogP contribution < -0.4 is 0 Å². The lowest BCUT2D eigenvalue weighted by Gasteiger charge is -2.07. The number of hydrogen-bond donors (Lipinski definition) is 0. The molecule has 0 radical (unpaired) electrons. The molecule has 1 aliphatic rings. The van der Waals surface area contributed by atoms with Crippen LogP contribution in [0.3, 0.4) is 0 Å². The van der Waals surface area contributed by atoms with Crippen molar-refractivity contribution in [2.75, 3.05) is 6.26 Å². The van der Waals surface area contributed by atoms with Crippen LogP contribution in [0.1, 0.15) is 11.1 Å². The molecule has 1 aliphatic heterocycles. The van der Waals surface area contributed by atoms with Crippen molar-refractivity contribution < 1.29 is 4.79 Å². The molecule has 0 fully saturated rings. The van der Waals surface area contributed by atoms with Crippen LogP contribution in [0, 0.1) is 0 Å². The Hall–Kier alpha value is -1.54. The second-order valence-corrected chi connectivity index (χ2v) is 9.23. The van der Waals surface area contributed by atoms with Crippen LogP contribution in [0.25, 0.3) is 17.0 Å². The van der Waals surface area contributed by atoms with Crippen LogP contribution in [0.5, 0.6) is 0 Å². The molecule has 1 aromatic heterocycles. The SMILES string of the molecule is CSC1=NC(=O)/C(=C/c2ccc3c(cnn3Cc3ccc(Cl)cc3Br)c2)S1. The van der Waals surface area contributed by atoms with Gasteiger partial charge in [0, 0.05) is 14.9 Å². The van der Waals surface area contributed by atoms with Gasteiger partial charge in [0.05, 0.1) is 23.2 Å². The third-order valence-electron chi connectivity index (χ3n) is 4.07. The van der Waals surface area contributed by atoms with Crippen molar-refractivity contribution in [3.8, 4) is 0 Å². The lowest BCUT2D eigenvalue weighted by atomic mass is 10.1. The molecule has 0 aliphatic carbocycles. The van der Waals surface area contributed by atoms with Crippen molar-refractivity contribution in [3.63, 3.8) is 0 Å². The topological polar surface area (TPSA) is 47.2 Å². The van der Waals surface area contributed by atoms with Gasteiger partial charge < -0.3 is 0 Å². The second kappa shape index (κ2) is 7.83. The van der Waals surface area contributed by atoms with E-state index in [1.807, 2.05) is 59.6 Å². The zero-order chi connectivity index (χ0) is 19.0. The molecule has 8 heteroatoms. The molecule has 0 atom stereocenters. The maximum Gasteiger partial charge on any atom is 0.285 e. The van der Waals surface area contributed by atoms with Gasteiger partial charge in [0.1, 0.15) is 4.38 Å². The van der Waals surface area contributed by atoms with Crippen LogP contribution in [-0.4, -0.2) is 26.3 Å². The first-order chi connectivity index (χ1) is 13.0. The first kappa shape index (κ1) is 18.8. The number of fused-ring (bicyclic) bond motifs is 1. The second-order valence-electron chi connectivity index (χ2n) is 5.85. The highest BCUT2D eigenvalue weighted by Crippen LogP contribution is 2.33. The Balaban J connectivity index is 1.61. The molecule has 2 heterocycles. The average Bonchev–Trinajstić information content (AvgIpc) is 3.21. The predicted molar refractivity (Wildman–Crippen MR) is 120 cm³/mol. The molecule has 0 saturated carbocycles. The van der Waals surface area contributed by atoms with Gasteiger partial charge in [-0.3, -0.25) is 9.48 Å². The van der Waals surface area contributed by atoms with Crippen LogP contribution >= 0.6 is 51.1 Å². The van der Waals surface area contributed by atoms with Crippen molar-refractivity contribution in [2.24, 2.45) is 4.99 Å². The van der Waals surface area contributed by atoms with Gasteiger partial charge in [-0.05, 0) is 47.7 Å². The fraction of sp³-hybridized carbons (Fsp3) is 0.105. The highest BCUT2D eigenvalue weighted by molar-refractivity contribution is 9.10. The predicted octanol–water partition coefficient (Wildman–Crippen LogP) is 5.83. The molecule has 4 rings (SSSR count). The number of nitrogens with zero attached hydrogens (tertiary/aromatic N) is 3. The average molecular weight is 479 g/mol. The van der Waals surface area contributed by atoms with E-state index in [-0.39, 0.29) is 5.91 Å². The number of thioether (sulfide) groups is 2. The third kappa shape index (κ3) is 4.01. The largest absolute Gasteiger partial charge is 0.285 e. The summed E-state index contributed by atoms with van der Waals surface area (Å²) in [4.78, 5) is 16.6. The molecular formula is C19H13BrClN3OS2. The maximum atomic E-state index is 12.0. The van der Waals surface area contributed by atoms with Gasteiger partial charge in [0.2, 0.25) is 0 Å². The zero-order valence-electron chi connectivity index (χ0n) is 14.1. The first-order valence-corrected chi connectivity index (χ1v) is 11.2. The summed E-state index contributed by atoms with van der Waals surface area (Å²) in [6.07, 6.45) is 5.64. The number of aromatic nitrogens is 2. The summed E-state index contributed by atoms with van der Waals surface area (Å²) >= 11 is 12.5. The first-order valence-electron chi connectivity index (χ1n) is 7.99. The summed E-state index contributed by atoms with van der Waals surface area (Å²) in [7, 11) is 0. The zero-order valence-corrected chi connectivity index (χ0v) is 18.1. The Morgan fingerprint density at radius 1 is 1.30 bits per heavy atom. The van der Waals surface area contributed by atoms with Gasteiger partial charge in [-0.1, -0.05) is 51.4 Å². The molecule has 0 N–H and O–H groups in total. The Bertz CT molecular complexity index is 1120. The molecule has 0 unspecified atom stereocenters. The van der Waals surface area contributed by atoms with Crippen molar-refractivity contribution in [1.29, 1.82) is 0 Å². The number of halogens is 2. The number of benzene rings is 2. The van der Waals surface area contributed by atoms with E-state index in [4.69, 9.17) is 11.6 Å². The highest BCUT2D eigenvalue weighted by Gasteiger charge is 2.21. The van der Waals surface area contributed by atoms with Gasteiger partial charge in [0.25, 0.3) is 5.91 Å². The molecule has 0 spiro atoms. The molecule has 3 aromatic rings. The fourth-order valence-corrected chi connectivity index (χ4v) is 4.99. The van der Waals surface area contributed by atoms with E-state index in [0.29, 0.717) is 16.5 Å². The minimum absolute atomic E-state index is 0.173. The minimum atomic E-state index is -0.173. The Labute approximate surface area is 178 Å². The number of rotatable bonds is 3. The van der Waals surface area contributed by atoms with Crippen molar-refractivity contribution in [1.82, 2.24) is 9.78 Å². The summed E-state index contributed by atoms with van der Waals surface area (Å²) in [6, 6.07) is 11.8. The highest BCUT2D eigenvalue weighted by atomic mass is 79.9. The Morgan fingerprint density at radius 2 is 2.15 bits per heavy atom. The normalized spacial score (nSPS) is 15.7. The summed E-state index contributed by atoms with van der Waals surface area (Å²) in [5.41, 5.74) is 3.10. The van der Waals surface area contributed by atoms with Crippen molar-refractivity contribution >= 4 is 78.3 Å². The van der Waals surface area contributed by atoms with E-state index in [2.05, 4.69) is 26.0 Å². The summed E-state index contributed by atoms with van der Waals surface area (Å²) in [6.45, 7) is 0.640. The molecular weight excluding hydrogens is 466 g/mol. The van der Waals surface area contributed by atoms with Crippen LogP contribution in [-0.2, 0) is 11.3 Å². The Kier molecular flexibility index (Phi) is 5.45. The number of carbonyl (C=O) groups excluding carboxylic acids is 1. The van der Waals surface area contributed by atoms with E-state index in [1.54, 1.807) is 0 Å². The number of aliphatic imine (C=N–C) groups is 1. The lowest BCUT2D eigenvalue weighted by Crippen LogP contribution is -2.02. The van der Waals surface area contributed by atoms with Gasteiger partial charge in [0.15, 0.2) is 0 Å². The van der Waals surface area contributed by atoms with Crippen molar-refractivity contribution in [3.05, 3.63) is 68.1 Å². The molecule has 1 amide bonds. The van der Waals surface area contributed by atoms with Crippen molar-refractivity contribution in [2.45, 2.75) is 6.54 Å². The maximum absolute atomic E-state index is 12.0. The number of carbonyl (C=O) groups is 1. The monoisotopic (exact) mass is 477 g/mol. The minimum Gasteiger partial charge on any atom is -0.266 e. The van der Waals surface area contributed by atoms with Gasteiger partial charge >= 0.3 is 0 Å². The van der Waals surface area contributed by atoms with E-state index in [1.165, 1.54) is 23.5 Å². The van der Waals surface area contributed by atoms with E-state index < -0.39 is 0 Å². The Morgan fingerprint density at radius 3 is 2.89 bits per heavy atom. The molecule has 27 heavy (non-hydrogen) atoms. The summed E-state index contributed by atoms with van der Waals surface area (Å²) < 4.78 is 3.69. The van der Waals surface area contributed by atoms with Crippen LogP contribution in [0.2, 0.25) is 5.02 Å².